The fourth-order valence-corrected chi connectivity index (χ4v) is 2.35. The van der Waals surface area contributed by atoms with Crippen molar-refractivity contribution in [2.24, 2.45) is 0 Å². The average molecular weight is 320 g/mol. The molecule has 1 unspecified atom stereocenters. The van der Waals surface area contributed by atoms with Gasteiger partial charge in [0, 0.05) is 32.6 Å². The van der Waals surface area contributed by atoms with Gasteiger partial charge in [0.05, 0.1) is 5.57 Å². The SMILES string of the molecule is CN(C)C(=O)CN1C=C(C(=O)O)C(c2ccc(F)cc2)CC1=O. The van der Waals surface area contributed by atoms with E-state index in [4.69, 9.17) is 0 Å². The second-order valence-electron chi connectivity index (χ2n) is 5.51. The van der Waals surface area contributed by atoms with Crippen LogP contribution in [0.5, 0.6) is 0 Å². The third-order valence-corrected chi connectivity index (χ3v) is 3.69. The standard InChI is InChI=1S/C16H17FN2O4/c1-18(2)15(21)9-19-8-13(16(22)23)12(7-14(19)20)10-3-5-11(17)6-4-10/h3-6,8,12H,7,9H2,1-2H3,(H,22,23). The molecule has 2 amide bonds. The maximum absolute atomic E-state index is 13.0. The summed E-state index contributed by atoms with van der Waals surface area (Å²) in [5.74, 6) is -2.92. The molecule has 23 heavy (non-hydrogen) atoms. The van der Waals surface area contributed by atoms with Gasteiger partial charge < -0.3 is 14.9 Å². The Morgan fingerprint density at radius 1 is 1.30 bits per heavy atom. The summed E-state index contributed by atoms with van der Waals surface area (Å²) < 4.78 is 13.0. The number of halogens is 1. The summed E-state index contributed by atoms with van der Waals surface area (Å²) >= 11 is 0. The number of aliphatic carboxylic acids is 1. The summed E-state index contributed by atoms with van der Waals surface area (Å²) in [7, 11) is 3.11. The number of nitrogens with zero attached hydrogens (tertiary/aromatic N) is 2. The molecule has 0 spiro atoms. The Labute approximate surface area is 132 Å². The molecule has 2 rings (SSSR count). The zero-order valence-electron chi connectivity index (χ0n) is 12.8. The van der Waals surface area contributed by atoms with Gasteiger partial charge in [0.25, 0.3) is 0 Å². The van der Waals surface area contributed by atoms with Crippen molar-refractivity contribution in [2.75, 3.05) is 20.6 Å². The molecule has 6 nitrogen and oxygen atoms in total. The lowest BCUT2D eigenvalue weighted by Gasteiger charge is -2.29. The van der Waals surface area contributed by atoms with Gasteiger partial charge in [-0.05, 0) is 17.7 Å². The molecule has 1 N–H and O–H groups in total. The quantitative estimate of drug-likeness (QED) is 0.904. The Hall–Kier alpha value is -2.70. The second-order valence-corrected chi connectivity index (χ2v) is 5.51. The average Bonchev–Trinajstić information content (AvgIpc) is 2.49. The molecule has 7 heteroatoms. The predicted molar refractivity (Wildman–Crippen MR) is 79.9 cm³/mol. The number of carbonyl (C=O) groups excluding carboxylic acids is 2. The molecule has 0 aromatic heterocycles. The predicted octanol–water partition coefficient (Wildman–Crippen LogP) is 1.20. The number of benzene rings is 1. The lowest BCUT2D eigenvalue weighted by Crippen LogP contribution is -2.41. The van der Waals surface area contributed by atoms with E-state index in [9.17, 15) is 23.9 Å². The fourth-order valence-electron chi connectivity index (χ4n) is 2.35. The van der Waals surface area contributed by atoms with Crippen LogP contribution in [-0.2, 0) is 14.4 Å². The van der Waals surface area contributed by atoms with Crippen molar-refractivity contribution in [2.45, 2.75) is 12.3 Å². The summed E-state index contributed by atoms with van der Waals surface area (Å²) in [6.07, 6.45) is 1.12. The molecule has 0 saturated heterocycles. The van der Waals surface area contributed by atoms with Gasteiger partial charge in [-0.2, -0.15) is 0 Å². The van der Waals surface area contributed by atoms with Gasteiger partial charge in [0.15, 0.2) is 0 Å². The molecule has 1 aromatic rings. The normalized spacial score (nSPS) is 17.7. The number of carboxylic acids is 1. The van der Waals surface area contributed by atoms with Crippen molar-refractivity contribution in [3.63, 3.8) is 0 Å². The molecule has 0 fully saturated rings. The Morgan fingerprint density at radius 2 is 1.91 bits per heavy atom. The zero-order valence-corrected chi connectivity index (χ0v) is 12.8. The van der Waals surface area contributed by atoms with Crippen molar-refractivity contribution < 1.29 is 23.9 Å². The van der Waals surface area contributed by atoms with Crippen molar-refractivity contribution in [3.8, 4) is 0 Å². The number of rotatable bonds is 4. The summed E-state index contributed by atoms with van der Waals surface area (Å²) in [6, 6.07) is 5.37. The van der Waals surface area contributed by atoms with Crippen LogP contribution in [0.2, 0.25) is 0 Å². The minimum absolute atomic E-state index is 0.00256. The zero-order chi connectivity index (χ0) is 17.1. The first-order valence-corrected chi connectivity index (χ1v) is 6.99. The highest BCUT2D eigenvalue weighted by Gasteiger charge is 2.33. The van der Waals surface area contributed by atoms with Gasteiger partial charge in [-0.15, -0.1) is 0 Å². The van der Waals surface area contributed by atoms with Crippen LogP contribution in [-0.4, -0.2) is 53.3 Å². The highest BCUT2D eigenvalue weighted by molar-refractivity contribution is 5.94. The Balaban J connectivity index is 2.33. The van der Waals surface area contributed by atoms with Crippen LogP contribution < -0.4 is 0 Å². The van der Waals surface area contributed by atoms with Gasteiger partial charge in [0.2, 0.25) is 11.8 Å². The van der Waals surface area contributed by atoms with Crippen LogP contribution in [0.3, 0.4) is 0 Å². The van der Waals surface area contributed by atoms with Crippen molar-refractivity contribution in [3.05, 3.63) is 47.4 Å². The highest BCUT2D eigenvalue weighted by Crippen LogP contribution is 2.32. The first-order valence-electron chi connectivity index (χ1n) is 6.99. The first-order chi connectivity index (χ1) is 10.8. The van der Waals surface area contributed by atoms with Gasteiger partial charge in [-0.1, -0.05) is 12.1 Å². The number of carboxylic acid groups (broad SMARTS) is 1. The molecule has 0 bridgehead atoms. The second kappa shape index (κ2) is 6.60. The lowest BCUT2D eigenvalue weighted by molar-refractivity contribution is -0.139. The maximum atomic E-state index is 13.0. The smallest absolute Gasteiger partial charge is 0.333 e. The topological polar surface area (TPSA) is 77.9 Å². The molecule has 1 atom stereocenters. The number of likely N-dealkylation sites (N-methyl/N-ethyl adjacent to an activating group) is 1. The largest absolute Gasteiger partial charge is 0.478 e. The van der Waals surface area contributed by atoms with E-state index < -0.39 is 17.7 Å². The van der Waals surface area contributed by atoms with Gasteiger partial charge in [-0.3, -0.25) is 9.59 Å². The van der Waals surface area contributed by atoms with Gasteiger partial charge in [-0.25, -0.2) is 9.18 Å². The van der Waals surface area contributed by atoms with Crippen LogP contribution in [0.25, 0.3) is 0 Å². The van der Waals surface area contributed by atoms with Crippen molar-refractivity contribution in [1.82, 2.24) is 9.80 Å². The van der Waals surface area contributed by atoms with Crippen LogP contribution >= 0.6 is 0 Å². The van der Waals surface area contributed by atoms with E-state index in [2.05, 4.69) is 0 Å². The Bertz CT molecular complexity index is 667. The summed E-state index contributed by atoms with van der Waals surface area (Å²) in [6.45, 7) is -0.210. The van der Waals surface area contributed by atoms with E-state index in [-0.39, 0.29) is 30.4 Å². The highest BCUT2D eigenvalue weighted by atomic mass is 19.1. The van der Waals surface area contributed by atoms with Crippen LogP contribution in [0, 0.1) is 5.82 Å². The summed E-state index contributed by atoms with van der Waals surface area (Å²) in [5.41, 5.74) is 0.551. The van der Waals surface area contributed by atoms with E-state index in [1.165, 1.54) is 35.4 Å². The minimum atomic E-state index is -1.17. The number of carbonyl (C=O) groups is 3. The summed E-state index contributed by atoms with van der Waals surface area (Å²) in [5, 5.41) is 9.40. The molecule has 1 aliphatic rings. The van der Waals surface area contributed by atoms with E-state index in [1.54, 1.807) is 14.1 Å². The maximum Gasteiger partial charge on any atom is 0.333 e. The molecule has 122 valence electrons. The van der Waals surface area contributed by atoms with Crippen molar-refractivity contribution >= 4 is 17.8 Å². The van der Waals surface area contributed by atoms with Crippen molar-refractivity contribution in [1.29, 1.82) is 0 Å². The first kappa shape index (κ1) is 16.7. The molecule has 0 radical (unpaired) electrons. The molecular weight excluding hydrogens is 303 g/mol. The molecule has 0 aliphatic carbocycles. The van der Waals surface area contributed by atoms with Crippen LogP contribution in [0.1, 0.15) is 17.9 Å². The number of amides is 2. The fraction of sp³-hybridized carbons (Fsp3) is 0.312. The van der Waals surface area contributed by atoms with E-state index in [0.29, 0.717) is 5.56 Å². The van der Waals surface area contributed by atoms with Crippen LogP contribution in [0.15, 0.2) is 36.0 Å². The van der Waals surface area contributed by atoms with E-state index in [1.807, 2.05) is 0 Å². The third-order valence-electron chi connectivity index (χ3n) is 3.69. The lowest BCUT2D eigenvalue weighted by atomic mass is 9.86. The monoisotopic (exact) mass is 320 g/mol. The van der Waals surface area contributed by atoms with E-state index >= 15 is 0 Å². The van der Waals surface area contributed by atoms with Gasteiger partial charge in [0.1, 0.15) is 12.4 Å². The molecule has 1 aromatic carbocycles. The van der Waals surface area contributed by atoms with Crippen LogP contribution in [0.4, 0.5) is 4.39 Å². The third kappa shape index (κ3) is 3.74. The molecule has 1 heterocycles. The van der Waals surface area contributed by atoms with E-state index in [0.717, 1.165) is 4.90 Å². The minimum Gasteiger partial charge on any atom is -0.478 e. The summed E-state index contributed by atoms with van der Waals surface area (Å²) in [4.78, 5) is 37.9. The molecule has 1 aliphatic heterocycles. The molecular formula is C16H17FN2O4. The Morgan fingerprint density at radius 3 is 2.43 bits per heavy atom. The van der Waals surface area contributed by atoms with Gasteiger partial charge >= 0.3 is 5.97 Å². The Kier molecular flexibility index (Phi) is 4.78. The molecule has 0 saturated carbocycles. The number of hydrogen-bond donors (Lipinski definition) is 1. The number of hydrogen-bond acceptors (Lipinski definition) is 3.